The zero-order valence-electron chi connectivity index (χ0n) is 13.3. The molecule has 1 aromatic heterocycles. The molecule has 0 spiro atoms. The van der Waals surface area contributed by atoms with Crippen molar-refractivity contribution in [2.75, 3.05) is 6.54 Å². The maximum Gasteiger partial charge on any atom is 0.410 e. The zero-order valence-corrected chi connectivity index (χ0v) is 13.3. The van der Waals surface area contributed by atoms with Gasteiger partial charge in [-0.25, -0.2) is 9.78 Å². The van der Waals surface area contributed by atoms with E-state index in [1.165, 1.54) is 12.5 Å². The summed E-state index contributed by atoms with van der Waals surface area (Å²) in [4.78, 5) is 29.6. The minimum Gasteiger partial charge on any atom is -0.447 e. The molecule has 1 aliphatic heterocycles. The highest BCUT2D eigenvalue weighted by molar-refractivity contribution is 5.91. The molecule has 1 aromatic rings. The fraction of sp³-hybridized carbons (Fsp3) is 0.688. The first kappa shape index (κ1) is 16.5. The molecule has 0 radical (unpaired) electrons. The van der Waals surface area contributed by atoms with Crippen LogP contribution in [0.3, 0.4) is 0 Å². The lowest BCUT2D eigenvalue weighted by molar-refractivity contribution is 0.0506. The Morgan fingerprint density at radius 1 is 1.45 bits per heavy atom. The molecule has 1 unspecified atom stereocenters. The SMILES string of the molecule is CC(C)OC(=O)N1CCCCC1CCCC(=O)c1ncco1. The number of amides is 1. The van der Waals surface area contributed by atoms with Crippen LogP contribution in [-0.2, 0) is 4.74 Å². The Morgan fingerprint density at radius 2 is 2.27 bits per heavy atom. The molecule has 2 rings (SSSR count). The van der Waals surface area contributed by atoms with Crippen LogP contribution in [0.4, 0.5) is 4.79 Å². The molecule has 6 nitrogen and oxygen atoms in total. The van der Waals surface area contributed by atoms with Crippen molar-refractivity contribution in [3.63, 3.8) is 0 Å². The molecule has 0 bridgehead atoms. The van der Waals surface area contributed by atoms with E-state index in [9.17, 15) is 9.59 Å². The number of ether oxygens (including phenoxy) is 1. The van der Waals surface area contributed by atoms with Crippen LogP contribution in [-0.4, -0.2) is 40.5 Å². The summed E-state index contributed by atoms with van der Waals surface area (Å²) >= 11 is 0. The van der Waals surface area contributed by atoms with Crippen molar-refractivity contribution in [1.82, 2.24) is 9.88 Å². The highest BCUT2D eigenvalue weighted by Crippen LogP contribution is 2.23. The lowest BCUT2D eigenvalue weighted by atomic mass is 9.97. The van der Waals surface area contributed by atoms with Gasteiger partial charge in [-0.05, 0) is 46.0 Å². The molecule has 1 saturated heterocycles. The van der Waals surface area contributed by atoms with Crippen LogP contribution in [0, 0.1) is 0 Å². The van der Waals surface area contributed by atoms with Crippen molar-refractivity contribution < 1.29 is 18.7 Å². The van der Waals surface area contributed by atoms with E-state index in [0.717, 1.165) is 38.6 Å². The van der Waals surface area contributed by atoms with Gasteiger partial charge in [-0.15, -0.1) is 0 Å². The van der Waals surface area contributed by atoms with E-state index in [1.807, 2.05) is 18.7 Å². The van der Waals surface area contributed by atoms with E-state index >= 15 is 0 Å². The number of carbonyl (C=O) groups excluding carboxylic acids is 2. The summed E-state index contributed by atoms with van der Waals surface area (Å²) in [5.41, 5.74) is 0. The van der Waals surface area contributed by atoms with Gasteiger partial charge in [0.1, 0.15) is 6.26 Å². The van der Waals surface area contributed by atoms with E-state index < -0.39 is 0 Å². The average molecular weight is 308 g/mol. The summed E-state index contributed by atoms with van der Waals surface area (Å²) in [6.07, 6.45) is 7.54. The van der Waals surface area contributed by atoms with Gasteiger partial charge in [-0.1, -0.05) is 0 Å². The maximum atomic E-state index is 12.1. The second-order valence-corrected chi connectivity index (χ2v) is 5.93. The van der Waals surface area contributed by atoms with E-state index in [0.29, 0.717) is 6.42 Å². The number of oxazole rings is 1. The van der Waals surface area contributed by atoms with Gasteiger partial charge < -0.3 is 14.1 Å². The fourth-order valence-electron chi connectivity index (χ4n) is 2.78. The predicted octanol–water partition coefficient (Wildman–Crippen LogP) is 3.43. The van der Waals surface area contributed by atoms with Crippen molar-refractivity contribution in [2.24, 2.45) is 0 Å². The Kier molecular flexibility index (Phi) is 5.98. The number of rotatable bonds is 6. The fourth-order valence-corrected chi connectivity index (χ4v) is 2.78. The average Bonchev–Trinajstić information content (AvgIpc) is 3.01. The molecule has 1 amide bonds. The topological polar surface area (TPSA) is 72.6 Å². The Balaban J connectivity index is 1.81. The van der Waals surface area contributed by atoms with Gasteiger partial charge >= 0.3 is 6.09 Å². The zero-order chi connectivity index (χ0) is 15.9. The number of Topliss-reactive ketones (excluding diaryl/α,β-unsaturated/α-hetero) is 1. The largest absolute Gasteiger partial charge is 0.447 e. The van der Waals surface area contributed by atoms with Gasteiger partial charge in [-0.3, -0.25) is 4.79 Å². The first-order chi connectivity index (χ1) is 10.6. The van der Waals surface area contributed by atoms with Crippen LogP contribution in [0.15, 0.2) is 16.9 Å². The molecule has 0 N–H and O–H groups in total. The minimum absolute atomic E-state index is 0.0860. The first-order valence-electron chi connectivity index (χ1n) is 7.98. The van der Waals surface area contributed by atoms with Crippen molar-refractivity contribution in [2.45, 2.75) is 64.5 Å². The number of likely N-dealkylation sites (tertiary alicyclic amines) is 1. The van der Waals surface area contributed by atoms with Crippen molar-refractivity contribution in [1.29, 1.82) is 0 Å². The molecular weight excluding hydrogens is 284 g/mol. The Morgan fingerprint density at radius 3 is 2.95 bits per heavy atom. The van der Waals surface area contributed by atoms with Gasteiger partial charge in [0.25, 0.3) is 5.89 Å². The van der Waals surface area contributed by atoms with Crippen LogP contribution in [0.5, 0.6) is 0 Å². The molecular formula is C16H24N2O4. The van der Waals surface area contributed by atoms with E-state index in [1.54, 1.807) is 0 Å². The number of hydrogen-bond acceptors (Lipinski definition) is 5. The smallest absolute Gasteiger partial charge is 0.410 e. The molecule has 122 valence electrons. The summed E-state index contributed by atoms with van der Waals surface area (Å²) < 4.78 is 10.3. The highest BCUT2D eigenvalue weighted by Gasteiger charge is 2.28. The van der Waals surface area contributed by atoms with Crippen molar-refractivity contribution >= 4 is 11.9 Å². The number of carbonyl (C=O) groups is 2. The quantitative estimate of drug-likeness (QED) is 0.753. The summed E-state index contributed by atoms with van der Waals surface area (Å²) in [5, 5.41) is 0. The van der Waals surface area contributed by atoms with Gasteiger partial charge in [0.15, 0.2) is 0 Å². The third-order valence-corrected chi connectivity index (χ3v) is 3.81. The number of piperidine rings is 1. The van der Waals surface area contributed by atoms with Gasteiger partial charge in [0.2, 0.25) is 5.78 Å². The molecule has 0 saturated carbocycles. The lowest BCUT2D eigenvalue weighted by Crippen LogP contribution is -2.44. The van der Waals surface area contributed by atoms with Crippen LogP contribution < -0.4 is 0 Å². The number of hydrogen-bond donors (Lipinski definition) is 0. The molecule has 1 atom stereocenters. The second-order valence-electron chi connectivity index (χ2n) is 5.93. The van der Waals surface area contributed by atoms with Gasteiger partial charge in [-0.2, -0.15) is 0 Å². The van der Waals surface area contributed by atoms with Crippen molar-refractivity contribution in [3.05, 3.63) is 18.4 Å². The third-order valence-electron chi connectivity index (χ3n) is 3.81. The lowest BCUT2D eigenvalue weighted by Gasteiger charge is -2.35. The molecule has 6 heteroatoms. The Hall–Kier alpha value is -1.85. The molecule has 1 fully saturated rings. The summed E-state index contributed by atoms with van der Waals surface area (Å²) in [6.45, 7) is 4.45. The molecule has 0 aromatic carbocycles. The van der Waals surface area contributed by atoms with E-state index in [4.69, 9.17) is 9.15 Å². The third kappa shape index (κ3) is 4.58. The standard InChI is InChI=1S/C16H24N2O4/c1-12(2)22-16(20)18-10-4-3-6-13(18)7-5-8-14(19)15-17-9-11-21-15/h9,11-13H,3-8,10H2,1-2H3. The van der Waals surface area contributed by atoms with Crippen LogP contribution >= 0.6 is 0 Å². The Bertz CT molecular complexity index is 484. The van der Waals surface area contributed by atoms with Gasteiger partial charge in [0, 0.05) is 19.0 Å². The Labute approximate surface area is 130 Å². The van der Waals surface area contributed by atoms with Crippen LogP contribution in [0.2, 0.25) is 0 Å². The number of ketones is 1. The van der Waals surface area contributed by atoms with E-state index in [-0.39, 0.29) is 29.9 Å². The van der Waals surface area contributed by atoms with Crippen LogP contribution in [0.25, 0.3) is 0 Å². The normalized spacial score (nSPS) is 18.5. The highest BCUT2D eigenvalue weighted by atomic mass is 16.6. The number of nitrogens with zero attached hydrogens (tertiary/aromatic N) is 2. The first-order valence-corrected chi connectivity index (χ1v) is 7.98. The molecule has 0 aliphatic carbocycles. The van der Waals surface area contributed by atoms with Gasteiger partial charge in [0.05, 0.1) is 12.3 Å². The molecule has 1 aliphatic rings. The predicted molar refractivity (Wildman–Crippen MR) is 80.6 cm³/mol. The maximum absolute atomic E-state index is 12.1. The molecule has 22 heavy (non-hydrogen) atoms. The monoisotopic (exact) mass is 308 g/mol. The summed E-state index contributed by atoms with van der Waals surface area (Å²) in [6, 6.07) is 0.164. The molecule has 2 heterocycles. The van der Waals surface area contributed by atoms with E-state index in [2.05, 4.69) is 4.98 Å². The van der Waals surface area contributed by atoms with Crippen molar-refractivity contribution in [3.8, 4) is 0 Å². The minimum atomic E-state index is -0.237. The van der Waals surface area contributed by atoms with Crippen LogP contribution in [0.1, 0.15) is 63.1 Å². The summed E-state index contributed by atoms with van der Waals surface area (Å²) in [5.74, 6) is 0.0804. The summed E-state index contributed by atoms with van der Waals surface area (Å²) in [7, 11) is 0. The second kappa shape index (κ2) is 7.96. The number of aromatic nitrogens is 1.